The minimum absolute atomic E-state index is 0.00551. The summed E-state index contributed by atoms with van der Waals surface area (Å²) in [6.07, 6.45) is -0.214. The molecule has 12 heteroatoms. The summed E-state index contributed by atoms with van der Waals surface area (Å²) in [7, 11) is 0. The number of non-ortho nitro benzene ring substituents is 1. The van der Waals surface area contributed by atoms with Crippen LogP contribution >= 0.6 is 45.2 Å². The average Bonchev–Trinajstić information content (AvgIpc) is 2.54. The first-order valence-electron chi connectivity index (χ1n) is 7.10. The summed E-state index contributed by atoms with van der Waals surface area (Å²) in [5, 5.41) is 33.9. The normalized spacial score (nSPS) is 10.4. The minimum atomic E-state index is -0.751. The van der Waals surface area contributed by atoms with Gasteiger partial charge in [0.15, 0.2) is 0 Å². The molecule has 0 atom stereocenters. The van der Waals surface area contributed by atoms with Crippen LogP contribution in [-0.2, 0) is 4.79 Å². The second-order valence-electron chi connectivity index (χ2n) is 4.76. The lowest BCUT2D eigenvalue weighted by atomic mass is 10.1. The standard InChI is InChI=1S/C13H16I2N4O6/c14-2-4-17(5-3-15)13-10(16-12(21)1-6-20)7-9(18(22)23)8-11(13)19(24)25/h7-8,20H,1-6H2,(H,16,21). The Morgan fingerprint density at radius 3 is 2.20 bits per heavy atom. The number of nitrogens with one attached hydrogen (secondary N) is 1. The van der Waals surface area contributed by atoms with E-state index >= 15 is 0 Å². The number of anilines is 2. The number of nitrogens with zero attached hydrogens (tertiary/aromatic N) is 3. The Hall–Kier alpha value is -1.29. The molecule has 0 heterocycles. The first-order chi connectivity index (χ1) is 11.8. The first-order valence-corrected chi connectivity index (χ1v) is 10.1. The van der Waals surface area contributed by atoms with Crippen LogP contribution in [0.25, 0.3) is 0 Å². The number of benzene rings is 1. The van der Waals surface area contributed by atoms with Gasteiger partial charge in [0.05, 0.1) is 34.6 Å². The number of rotatable bonds is 10. The third kappa shape index (κ3) is 6.18. The Kier molecular flexibility index (Phi) is 9.26. The maximum atomic E-state index is 11.8. The van der Waals surface area contributed by atoms with Crippen molar-refractivity contribution in [1.29, 1.82) is 0 Å². The number of alkyl halides is 2. The fourth-order valence-electron chi connectivity index (χ4n) is 2.13. The molecular formula is C13H16I2N4O6. The van der Waals surface area contributed by atoms with Crippen LogP contribution in [0, 0.1) is 20.2 Å². The van der Waals surface area contributed by atoms with E-state index in [2.05, 4.69) is 50.5 Å². The number of halogens is 2. The summed E-state index contributed by atoms with van der Waals surface area (Å²) in [6, 6.07) is 2.00. The largest absolute Gasteiger partial charge is 0.396 e. The molecule has 1 amide bonds. The highest BCUT2D eigenvalue weighted by molar-refractivity contribution is 14.1. The molecule has 0 saturated carbocycles. The van der Waals surface area contributed by atoms with Crippen LogP contribution in [0.2, 0.25) is 0 Å². The molecule has 10 nitrogen and oxygen atoms in total. The van der Waals surface area contributed by atoms with Gasteiger partial charge < -0.3 is 15.3 Å². The van der Waals surface area contributed by atoms with Gasteiger partial charge in [0.2, 0.25) is 5.91 Å². The highest BCUT2D eigenvalue weighted by atomic mass is 127. The average molecular weight is 578 g/mol. The topological polar surface area (TPSA) is 139 Å². The van der Waals surface area contributed by atoms with Crippen molar-refractivity contribution in [1.82, 2.24) is 0 Å². The second-order valence-corrected chi connectivity index (χ2v) is 6.92. The van der Waals surface area contributed by atoms with Gasteiger partial charge in [0.25, 0.3) is 5.69 Å². The lowest BCUT2D eigenvalue weighted by Crippen LogP contribution is -2.29. The number of carbonyl (C=O) groups excluding carboxylic acids is 1. The molecule has 1 aromatic rings. The highest BCUT2D eigenvalue weighted by Gasteiger charge is 2.28. The van der Waals surface area contributed by atoms with Crippen molar-refractivity contribution < 1.29 is 19.7 Å². The van der Waals surface area contributed by atoms with Crippen LogP contribution in [0.15, 0.2) is 12.1 Å². The fourth-order valence-corrected chi connectivity index (χ4v) is 3.29. The van der Waals surface area contributed by atoms with E-state index in [1.807, 2.05) is 0 Å². The van der Waals surface area contributed by atoms with Crippen LogP contribution in [0.4, 0.5) is 22.7 Å². The predicted octanol–water partition coefficient (Wildman–Crippen LogP) is 2.50. The summed E-state index contributed by atoms with van der Waals surface area (Å²) >= 11 is 4.25. The van der Waals surface area contributed by atoms with Gasteiger partial charge >= 0.3 is 5.69 Å². The van der Waals surface area contributed by atoms with Gasteiger partial charge in [-0.25, -0.2) is 0 Å². The molecule has 0 bridgehead atoms. The molecule has 0 aromatic heterocycles. The number of nitro groups is 2. The molecular weight excluding hydrogens is 562 g/mol. The zero-order valence-electron chi connectivity index (χ0n) is 13.0. The number of carbonyl (C=O) groups is 1. The number of amides is 1. The molecule has 0 fully saturated rings. The molecule has 0 aliphatic heterocycles. The number of aliphatic hydroxyl groups is 1. The molecule has 25 heavy (non-hydrogen) atoms. The Morgan fingerprint density at radius 2 is 1.76 bits per heavy atom. The monoisotopic (exact) mass is 578 g/mol. The smallest absolute Gasteiger partial charge is 0.301 e. The lowest BCUT2D eigenvalue weighted by molar-refractivity contribution is -0.393. The van der Waals surface area contributed by atoms with Crippen molar-refractivity contribution in [3.05, 3.63) is 32.4 Å². The van der Waals surface area contributed by atoms with Gasteiger partial charge in [0.1, 0.15) is 5.69 Å². The zero-order chi connectivity index (χ0) is 19.0. The summed E-state index contributed by atoms with van der Waals surface area (Å²) < 4.78 is 1.35. The van der Waals surface area contributed by atoms with Crippen molar-refractivity contribution in [3.8, 4) is 0 Å². The minimum Gasteiger partial charge on any atom is -0.396 e. The molecule has 0 spiro atoms. The molecule has 0 radical (unpaired) electrons. The third-order valence-electron chi connectivity index (χ3n) is 3.12. The molecule has 0 aliphatic rings. The van der Waals surface area contributed by atoms with Crippen molar-refractivity contribution in [2.75, 3.05) is 38.8 Å². The molecule has 138 valence electrons. The summed E-state index contributed by atoms with van der Waals surface area (Å²) in [5.41, 5.74) is -0.800. The molecule has 0 aliphatic carbocycles. The number of hydrogen-bond donors (Lipinski definition) is 2. The van der Waals surface area contributed by atoms with E-state index in [-0.39, 0.29) is 17.8 Å². The number of hydrogen-bond acceptors (Lipinski definition) is 7. The Morgan fingerprint density at radius 1 is 1.16 bits per heavy atom. The summed E-state index contributed by atoms with van der Waals surface area (Å²) in [5.74, 6) is -0.581. The molecule has 0 saturated heterocycles. The van der Waals surface area contributed by atoms with Gasteiger partial charge in [-0.3, -0.25) is 25.0 Å². The van der Waals surface area contributed by atoms with Gasteiger partial charge in [-0.05, 0) is 0 Å². The van der Waals surface area contributed by atoms with Gasteiger partial charge in [-0.1, -0.05) is 45.2 Å². The zero-order valence-corrected chi connectivity index (χ0v) is 17.3. The van der Waals surface area contributed by atoms with Gasteiger partial charge in [-0.15, -0.1) is 0 Å². The summed E-state index contributed by atoms with van der Waals surface area (Å²) in [6.45, 7) is 0.555. The van der Waals surface area contributed by atoms with Crippen molar-refractivity contribution in [2.45, 2.75) is 6.42 Å². The first kappa shape index (κ1) is 21.8. The molecule has 0 unspecified atom stereocenters. The quantitative estimate of drug-likeness (QED) is 0.188. The van der Waals surface area contributed by atoms with Crippen LogP contribution in [0.5, 0.6) is 0 Å². The molecule has 2 N–H and O–H groups in total. The van der Waals surface area contributed by atoms with Gasteiger partial charge in [0, 0.05) is 28.0 Å². The van der Waals surface area contributed by atoms with E-state index in [0.717, 1.165) is 12.1 Å². The third-order valence-corrected chi connectivity index (χ3v) is 4.08. The number of aliphatic hydroxyl groups excluding tert-OH is 1. The van der Waals surface area contributed by atoms with E-state index in [4.69, 9.17) is 5.11 Å². The van der Waals surface area contributed by atoms with E-state index in [1.165, 1.54) is 0 Å². The van der Waals surface area contributed by atoms with E-state index in [0.29, 0.717) is 21.9 Å². The predicted molar refractivity (Wildman–Crippen MR) is 110 cm³/mol. The van der Waals surface area contributed by atoms with Crippen LogP contribution in [-0.4, -0.2) is 49.4 Å². The van der Waals surface area contributed by atoms with Crippen molar-refractivity contribution in [2.24, 2.45) is 0 Å². The maximum Gasteiger partial charge on any atom is 0.301 e. The molecule has 1 rings (SSSR count). The van der Waals surface area contributed by atoms with E-state index < -0.39 is 33.7 Å². The highest BCUT2D eigenvalue weighted by Crippen LogP contribution is 2.40. The fraction of sp³-hybridized carbons (Fsp3) is 0.462. The van der Waals surface area contributed by atoms with E-state index in [9.17, 15) is 25.0 Å². The van der Waals surface area contributed by atoms with Gasteiger partial charge in [-0.2, -0.15) is 0 Å². The van der Waals surface area contributed by atoms with Crippen LogP contribution in [0.3, 0.4) is 0 Å². The van der Waals surface area contributed by atoms with Crippen LogP contribution in [0.1, 0.15) is 6.42 Å². The second kappa shape index (κ2) is 10.6. The Balaban J connectivity index is 3.57. The lowest BCUT2D eigenvalue weighted by Gasteiger charge is -2.25. The SMILES string of the molecule is O=C(CCO)Nc1cc([N+](=O)[O-])cc([N+](=O)[O-])c1N(CCI)CCI. The van der Waals surface area contributed by atoms with Crippen molar-refractivity contribution in [3.63, 3.8) is 0 Å². The molecule has 1 aromatic carbocycles. The Labute approximate surface area is 170 Å². The Bertz CT molecular complexity index is 652. The summed E-state index contributed by atoms with van der Waals surface area (Å²) in [4.78, 5) is 34.7. The maximum absolute atomic E-state index is 11.8. The van der Waals surface area contributed by atoms with E-state index in [1.54, 1.807) is 4.90 Å². The van der Waals surface area contributed by atoms with Crippen LogP contribution < -0.4 is 10.2 Å². The number of nitro benzene ring substituents is 2. The van der Waals surface area contributed by atoms with Crippen molar-refractivity contribution >= 4 is 73.8 Å².